The minimum atomic E-state index is -0.435. The van der Waals surface area contributed by atoms with Crippen LogP contribution in [0.3, 0.4) is 0 Å². The summed E-state index contributed by atoms with van der Waals surface area (Å²) in [6.07, 6.45) is 6.40. The molecule has 0 saturated heterocycles. The Morgan fingerprint density at radius 3 is 2.79 bits per heavy atom. The van der Waals surface area contributed by atoms with E-state index in [1.807, 2.05) is 18.2 Å². The number of carbonyl (C=O) groups is 1. The number of hydrogen-bond donors (Lipinski definition) is 3. The maximum Gasteiger partial charge on any atom is 0.335 e. The number of benzene rings is 1. The number of hydrogen-bond acceptors (Lipinski definition) is 5. The van der Waals surface area contributed by atoms with Gasteiger partial charge >= 0.3 is 6.03 Å². The summed E-state index contributed by atoms with van der Waals surface area (Å²) in [7, 11) is 0. The SMILES string of the molecule is O=C(Nc1ncc[nH]1)N(c1ccccc1)c1ncc2cn[nH]c2n1. The Morgan fingerprint density at radius 1 is 1.12 bits per heavy atom. The number of aromatic nitrogens is 6. The van der Waals surface area contributed by atoms with Crippen LogP contribution in [0.25, 0.3) is 11.0 Å². The van der Waals surface area contributed by atoms with Gasteiger partial charge in [-0.25, -0.2) is 19.7 Å². The van der Waals surface area contributed by atoms with Crippen molar-refractivity contribution in [2.45, 2.75) is 0 Å². The van der Waals surface area contributed by atoms with Crippen molar-refractivity contribution in [3.05, 3.63) is 55.1 Å². The largest absolute Gasteiger partial charge is 0.335 e. The molecule has 0 radical (unpaired) electrons. The van der Waals surface area contributed by atoms with Crippen molar-refractivity contribution in [3.8, 4) is 0 Å². The first-order valence-electron chi connectivity index (χ1n) is 7.13. The third-order valence-corrected chi connectivity index (χ3v) is 3.32. The average molecular weight is 320 g/mol. The molecule has 0 aliphatic heterocycles. The second-order valence-corrected chi connectivity index (χ2v) is 4.88. The van der Waals surface area contributed by atoms with E-state index in [-0.39, 0.29) is 5.95 Å². The number of amides is 2. The highest BCUT2D eigenvalue weighted by atomic mass is 16.2. The molecule has 0 spiro atoms. The fourth-order valence-corrected chi connectivity index (χ4v) is 2.23. The van der Waals surface area contributed by atoms with Crippen LogP contribution in [0.5, 0.6) is 0 Å². The summed E-state index contributed by atoms with van der Waals surface area (Å²) in [6.45, 7) is 0. The van der Waals surface area contributed by atoms with Gasteiger partial charge in [-0.05, 0) is 12.1 Å². The summed E-state index contributed by atoms with van der Waals surface area (Å²) in [5, 5.41) is 10.1. The number of para-hydroxylation sites is 1. The highest BCUT2D eigenvalue weighted by Crippen LogP contribution is 2.23. The zero-order chi connectivity index (χ0) is 16.4. The molecule has 1 aromatic carbocycles. The van der Waals surface area contributed by atoms with Gasteiger partial charge in [0.1, 0.15) is 0 Å². The van der Waals surface area contributed by atoms with Gasteiger partial charge in [0.25, 0.3) is 0 Å². The molecule has 9 heteroatoms. The lowest BCUT2D eigenvalue weighted by atomic mass is 10.3. The number of aromatic amines is 2. The predicted molar refractivity (Wildman–Crippen MR) is 87.9 cm³/mol. The normalized spacial score (nSPS) is 10.7. The number of nitrogens with one attached hydrogen (secondary N) is 3. The molecule has 0 bridgehead atoms. The van der Waals surface area contributed by atoms with Crippen LogP contribution in [0.2, 0.25) is 0 Å². The number of fused-ring (bicyclic) bond motifs is 1. The lowest BCUT2D eigenvalue weighted by molar-refractivity contribution is 0.258. The van der Waals surface area contributed by atoms with Crippen molar-refractivity contribution in [2.24, 2.45) is 0 Å². The van der Waals surface area contributed by atoms with Gasteiger partial charge in [0.15, 0.2) is 5.65 Å². The maximum atomic E-state index is 12.7. The van der Waals surface area contributed by atoms with Crippen LogP contribution in [0.4, 0.5) is 22.4 Å². The fraction of sp³-hybridized carbons (Fsp3) is 0. The number of H-pyrrole nitrogens is 2. The molecule has 0 unspecified atom stereocenters. The van der Waals surface area contributed by atoms with Gasteiger partial charge in [-0.3, -0.25) is 10.4 Å². The maximum absolute atomic E-state index is 12.7. The van der Waals surface area contributed by atoms with E-state index in [1.165, 1.54) is 4.90 Å². The van der Waals surface area contributed by atoms with Crippen molar-refractivity contribution in [3.63, 3.8) is 0 Å². The highest BCUT2D eigenvalue weighted by Gasteiger charge is 2.22. The van der Waals surface area contributed by atoms with Crippen LogP contribution in [0.1, 0.15) is 0 Å². The molecule has 3 heterocycles. The Balaban J connectivity index is 1.76. The number of urea groups is 1. The van der Waals surface area contributed by atoms with E-state index in [0.29, 0.717) is 17.3 Å². The number of nitrogens with zero attached hydrogens (tertiary/aromatic N) is 5. The third kappa shape index (κ3) is 2.54. The Morgan fingerprint density at radius 2 is 2.00 bits per heavy atom. The molecule has 0 fully saturated rings. The van der Waals surface area contributed by atoms with Crippen molar-refractivity contribution in [2.75, 3.05) is 10.2 Å². The second kappa shape index (κ2) is 5.80. The Kier molecular flexibility index (Phi) is 3.35. The Bertz CT molecular complexity index is 963. The molecule has 0 atom stereocenters. The summed E-state index contributed by atoms with van der Waals surface area (Å²) in [5.74, 6) is 0.561. The summed E-state index contributed by atoms with van der Waals surface area (Å²) < 4.78 is 0. The zero-order valence-electron chi connectivity index (χ0n) is 12.3. The molecule has 0 aliphatic carbocycles. The number of carbonyl (C=O) groups excluding carboxylic acids is 1. The Labute approximate surface area is 135 Å². The van der Waals surface area contributed by atoms with Crippen LogP contribution in [0.15, 0.2) is 55.1 Å². The fourth-order valence-electron chi connectivity index (χ4n) is 2.23. The smallest absolute Gasteiger partial charge is 0.331 e. The average Bonchev–Trinajstić information content (AvgIpc) is 3.27. The van der Waals surface area contributed by atoms with E-state index >= 15 is 0 Å². The third-order valence-electron chi connectivity index (χ3n) is 3.32. The van der Waals surface area contributed by atoms with Crippen LogP contribution >= 0.6 is 0 Å². The van der Waals surface area contributed by atoms with Crippen LogP contribution in [0, 0.1) is 0 Å². The lowest BCUT2D eigenvalue weighted by Gasteiger charge is -2.20. The van der Waals surface area contributed by atoms with Gasteiger partial charge in [-0.2, -0.15) is 10.1 Å². The lowest BCUT2D eigenvalue weighted by Crippen LogP contribution is -2.32. The molecule has 118 valence electrons. The molecular weight excluding hydrogens is 308 g/mol. The van der Waals surface area contributed by atoms with E-state index in [9.17, 15) is 4.79 Å². The first-order chi connectivity index (χ1) is 11.8. The molecule has 4 aromatic rings. The van der Waals surface area contributed by atoms with Crippen molar-refractivity contribution >= 4 is 34.6 Å². The van der Waals surface area contributed by atoms with Gasteiger partial charge in [-0.15, -0.1) is 0 Å². The molecule has 3 N–H and O–H groups in total. The number of rotatable bonds is 3. The van der Waals surface area contributed by atoms with E-state index in [0.717, 1.165) is 5.39 Å². The van der Waals surface area contributed by atoms with Gasteiger partial charge in [0, 0.05) is 18.6 Å². The van der Waals surface area contributed by atoms with E-state index in [4.69, 9.17) is 0 Å². The summed E-state index contributed by atoms with van der Waals surface area (Å²) >= 11 is 0. The van der Waals surface area contributed by atoms with Crippen LogP contribution in [-0.2, 0) is 0 Å². The van der Waals surface area contributed by atoms with Crippen LogP contribution < -0.4 is 10.2 Å². The van der Waals surface area contributed by atoms with E-state index in [1.54, 1.807) is 36.9 Å². The molecule has 0 saturated carbocycles. The molecule has 4 rings (SSSR count). The standard InChI is InChI=1S/C15H12N8O/c24-15(21-13-16-6-7-17-13)23(11-4-2-1-3-5-11)14-18-8-10-9-19-22-12(10)20-14/h1-9H,(H2,16,17,21,24)(H,18,19,20,22). The summed E-state index contributed by atoms with van der Waals surface area (Å²) in [5.41, 5.74) is 1.17. The monoisotopic (exact) mass is 320 g/mol. The highest BCUT2D eigenvalue weighted by molar-refractivity contribution is 6.05. The van der Waals surface area contributed by atoms with Gasteiger partial charge in [-0.1, -0.05) is 18.2 Å². The van der Waals surface area contributed by atoms with Crippen molar-refractivity contribution < 1.29 is 4.79 Å². The minimum Gasteiger partial charge on any atom is -0.331 e. The molecule has 0 aliphatic rings. The number of anilines is 3. The molecule has 9 nitrogen and oxygen atoms in total. The summed E-state index contributed by atoms with van der Waals surface area (Å²) in [4.78, 5) is 29.6. The predicted octanol–water partition coefficient (Wildman–Crippen LogP) is 2.45. The second-order valence-electron chi connectivity index (χ2n) is 4.88. The van der Waals surface area contributed by atoms with Crippen LogP contribution in [-0.4, -0.2) is 36.2 Å². The van der Waals surface area contributed by atoms with Gasteiger partial charge < -0.3 is 4.98 Å². The summed E-state index contributed by atoms with van der Waals surface area (Å²) in [6, 6.07) is 8.68. The molecule has 2 amide bonds. The quantitative estimate of drug-likeness (QED) is 0.536. The first-order valence-corrected chi connectivity index (χ1v) is 7.13. The molecular formula is C15H12N8O. The zero-order valence-corrected chi connectivity index (χ0v) is 12.3. The van der Waals surface area contributed by atoms with Crippen molar-refractivity contribution in [1.82, 2.24) is 30.1 Å². The number of imidazole rings is 1. The molecule has 24 heavy (non-hydrogen) atoms. The van der Waals surface area contributed by atoms with Crippen molar-refractivity contribution in [1.29, 1.82) is 0 Å². The van der Waals surface area contributed by atoms with Gasteiger partial charge in [0.2, 0.25) is 11.9 Å². The first kappa shape index (κ1) is 13.9. The van der Waals surface area contributed by atoms with E-state index in [2.05, 4.69) is 35.5 Å². The molecule has 3 aromatic heterocycles. The van der Waals surface area contributed by atoms with E-state index < -0.39 is 6.03 Å². The Hall–Kier alpha value is -3.75. The topological polar surface area (TPSA) is 115 Å². The minimum absolute atomic E-state index is 0.224. The van der Waals surface area contributed by atoms with Gasteiger partial charge in [0.05, 0.1) is 17.3 Å².